The van der Waals surface area contributed by atoms with Crippen molar-refractivity contribution >= 4 is 23.5 Å². The van der Waals surface area contributed by atoms with Crippen molar-refractivity contribution in [3.8, 4) is 0 Å². The molecule has 2 N–H and O–H groups in total. The Morgan fingerprint density at radius 2 is 1.78 bits per heavy atom. The number of hydrogen-bond acceptors (Lipinski definition) is 9. The average Bonchev–Trinajstić information content (AvgIpc) is 3.19. The van der Waals surface area contributed by atoms with Crippen LogP contribution in [0.4, 0.5) is 0 Å². The van der Waals surface area contributed by atoms with Crippen LogP contribution in [-0.4, -0.2) is 62.4 Å². The van der Waals surface area contributed by atoms with E-state index < -0.39 is 80.9 Å². The van der Waals surface area contributed by atoms with E-state index in [4.69, 9.17) is 14.2 Å². The minimum Gasteiger partial charge on any atom is -0.458 e. The molecule has 4 aliphatic heterocycles. The summed E-state index contributed by atoms with van der Waals surface area (Å²) in [5, 5.41) is 24.6. The summed E-state index contributed by atoms with van der Waals surface area (Å²) >= 11 is 0. The molecule has 4 bridgehead atoms. The Hall–Kier alpha value is -2.36. The third-order valence-corrected chi connectivity index (χ3v) is 11.8. The Balaban J connectivity index is 1.50. The highest BCUT2D eigenvalue weighted by Crippen LogP contribution is 2.73. The normalized spacial score (nSPS) is 57.4. The molecular formula is C28H32O9. The van der Waals surface area contributed by atoms with Crippen molar-refractivity contribution in [3.63, 3.8) is 0 Å². The fourth-order valence-corrected chi connectivity index (χ4v) is 9.44. The summed E-state index contributed by atoms with van der Waals surface area (Å²) in [7, 11) is 0. The molecule has 9 nitrogen and oxygen atoms in total. The van der Waals surface area contributed by atoms with E-state index in [0.717, 1.165) is 5.57 Å². The third-order valence-electron chi connectivity index (χ3n) is 11.8. The molecule has 37 heavy (non-hydrogen) atoms. The van der Waals surface area contributed by atoms with E-state index in [1.54, 1.807) is 19.9 Å². The number of ether oxygens (including phenoxy) is 3. The van der Waals surface area contributed by atoms with Crippen molar-refractivity contribution in [1.29, 1.82) is 0 Å². The van der Waals surface area contributed by atoms with Gasteiger partial charge in [-0.15, -0.1) is 0 Å². The molecule has 7 rings (SSSR count). The van der Waals surface area contributed by atoms with Crippen LogP contribution in [0.25, 0.3) is 0 Å². The maximum absolute atomic E-state index is 14.6. The van der Waals surface area contributed by atoms with Crippen LogP contribution in [0.5, 0.6) is 0 Å². The van der Waals surface area contributed by atoms with Crippen LogP contribution in [0.2, 0.25) is 0 Å². The molecule has 7 aliphatic rings. The second-order valence-corrected chi connectivity index (χ2v) is 12.9. The number of hydrogen-bond donors (Lipinski definition) is 2. The van der Waals surface area contributed by atoms with Crippen molar-refractivity contribution in [2.45, 2.75) is 88.5 Å². The van der Waals surface area contributed by atoms with E-state index in [0.29, 0.717) is 0 Å². The van der Waals surface area contributed by atoms with Crippen molar-refractivity contribution in [3.05, 3.63) is 23.8 Å². The first-order valence-corrected chi connectivity index (χ1v) is 13.3. The smallest absolute Gasteiger partial charge is 0.342 e. The lowest BCUT2D eigenvalue weighted by Crippen LogP contribution is -2.78. The molecule has 5 fully saturated rings. The van der Waals surface area contributed by atoms with E-state index in [1.807, 2.05) is 19.1 Å². The predicted molar refractivity (Wildman–Crippen MR) is 124 cm³/mol. The quantitative estimate of drug-likeness (QED) is 0.463. The van der Waals surface area contributed by atoms with Crippen molar-refractivity contribution in [2.24, 2.45) is 34.5 Å². The van der Waals surface area contributed by atoms with Gasteiger partial charge in [-0.2, -0.15) is 0 Å². The summed E-state index contributed by atoms with van der Waals surface area (Å²) in [5.41, 5.74) is -7.19. The molecule has 11 atom stereocenters. The summed E-state index contributed by atoms with van der Waals surface area (Å²) in [6.07, 6.45) is 5.45. The molecule has 1 spiro atoms. The highest BCUT2D eigenvalue weighted by Gasteiger charge is 2.91. The van der Waals surface area contributed by atoms with Gasteiger partial charge in [-0.1, -0.05) is 32.1 Å². The molecule has 1 saturated carbocycles. The Morgan fingerprint density at radius 3 is 2.51 bits per heavy atom. The van der Waals surface area contributed by atoms with Crippen molar-refractivity contribution in [1.82, 2.24) is 0 Å². The van der Waals surface area contributed by atoms with Gasteiger partial charge in [0.05, 0.1) is 17.3 Å². The second-order valence-electron chi connectivity index (χ2n) is 12.9. The molecule has 0 aromatic heterocycles. The first kappa shape index (κ1) is 23.7. The zero-order valence-corrected chi connectivity index (χ0v) is 21.4. The lowest BCUT2D eigenvalue weighted by Gasteiger charge is -2.61. The monoisotopic (exact) mass is 512 g/mol. The average molecular weight is 513 g/mol. The van der Waals surface area contributed by atoms with Crippen LogP contribution in [-0.2, 0) is 33.4 Å². The fourth-order valence-electron chi connectivity index (χ4n) is 9.44. The molecule has 4 heterocycles. The first-order valence-electron chi connectivity index (χ1n) is 13.3. The maximum atomic E-state index is 14.6. The lowest BCUT2D eigenvalue weighted by molar-refractivity contribution is -0.346. The van der Waals surface area contributed by atoms with Gasteiger partial charge in [0.15, 0.2) is 22.6 Å². The Kier molecular flexibility index (Phi) is 4.13. The number of esters is 2. The van der Waals surface area contributed by atoms with Crippen LogP contribution < -0.4 is 0 Å². The number of fused-ring (bicyclic) bond motifs is 9. The number of rotatable bonds is 0. The van der Waals surface area contributed by atoms with Crippen LogP contribution in [0.1, 0.15) is 59.8 Å². The van der Waals surface area contributed by atoms with E-state index in [-0.39, 0.29) is 37.9 Å². The van der Waals surface area contributed by atoms with Gasteiger partial charge in [0.25, 0.3) is 0 Å². The summed E-state index contributed by atoms with van der Waals surface area (Å²) in [6, 6.07) is 0. The molecule has 3 unspecified atom stereocenters. The summed E-state index contributed by atoms with van der Waals surface area (Å²) in [6.45, 7) is 6.80. The van der Waals surface area contributed by atoms with Gasteiger partial charge in [-0.05, 0) is 56.4 Å². The van der Waals surface area contributed by atoms with Gasteiger partial charge >= 0.3 is 11.9 Å². The van der Waals surface area contributed by atoms with Gasteiger partial charge in [-0.3, -0.25) is 14.4 Å². The summed E-state index contributed by atoms with van der Waals surface area (Å²) in [4.78, 5) is 54.5. The number of Topliss-reactive ketones (excluding diaryl/α,β-unsaturated/α-hetero) is 2. The molecule has 4 saturated heterocycles. The number of aliphatic hydroxyl groups is 2. The molecule has 198 valence electrons. The zero-order valence-electron chi connectivity index (χ0n) is 21.4. The van der Waals surface area contributed by atoms with Crippen LogP contribution in [0.15, 0.2) is 23.8 Å². The van der Waals surface area contributed by atoms with Gasteiger partial charge in [0, 0.05) is 12.3 Å². The Morgan fingerprint density at radius 1 is 1.05 bits per heavy atom. The Bertz CT molecular complexity index is 1270. The zero-order chi connectivity index (χ0) is 26.6. The van der Waals surface area contributed by atoms with E-state index in [9.17, 15) is 29.4 Å². The maximum Gasteiger partial charge on any atom is 0.342 e. The Labute approximate surface area is 214 Å². The van der Waals surface area contributed by atoms with Gasteiger partial charge in [-0.25, -0.2) is 4.79 Å². The summed E-state index contributed by atoms with van der Waals surface area (Å²) < 4.78 is 18.1. The standard InChI is InChI=1S/C28H32O9/c1-13-21(31)35-18-12-23(13,2)19-20(30)27(34)16-9-8-14-6-5-7-17(29)24(14,3)15(16)10-11-26(33)22(32)36-25(18,4)28(19,26)37-27/h5-6,8,13,15-16,18-19,33-34H,7,9-12H2,1-4H3/t13-,15?,16?,18+,19?,23+,24-,25-,26+,27+,28-/m0/s1. The minimum absolute atomic E-state index is 0.0426. The topological polar surface area (TPSA) is 136 Å². The summed E-state index contributed by atoms with van der Waals surface area (Å²) in [5.74, 6) is -7.88. The molecule has 9 heteroatoms. The van der Waals surface area contributed by atoms with Gasteiger partial charge < -0.3 is 24.4 Å². The van der Waals surface area contributed by atoms with E-state index >= 15 is 0 Å². The van der Waals surface area contributed by atoms with Crippen molar-refractivity contribution in [2.75, 3.05) is 0 Å². The SMILES string of the molecule is C[C@H]1C(=O)O[C@@H]2C[C@@]1(C)C1C(=O)[C@]3(O)O[C@@]14[C@@](O)(CCC1C3CC=C3C=CCC(=O)[C@@]31C)C(=O)O[C@@]24C. The van der Waals surface area contributed by atoms with Gasteiger partial charge in [0.1, 0.15) is 11.9 Å². The molecule has 0 amide bonds. The highest BCUT2D eigenvalue weighted by molar-refractivity contribution is 5.99. The molecule has 0 aromatic rings. The number of allylic oxidation sites excluding steroid dienone is 4. The number of carbonyl (C=O) groups excluding carboxylic acids is 4. The second kappa shape index (κ2) is 6.43. The predicted octanol–water partition coefficient (Wildman–Crippen LogP) is 1.54. The number of ketones is 2. The first-order chi connectivity index (χ1) is 17.2. The van der Waals surface area contributed by atoms with Crippen LogP contribution >= 0.6 is 0 Å². The molecule has 0 aromatic carbocycles. The van der Waals surface area contributed by atoms with E-state index in [2.05, 4.69) is 0 Å². The van der Waals surface area contributed by atoms with Crippen molar-refractivity contribution < 1.29 is 43.6 Å². The lowest BCUT2D eigenvalue weighted by atomic mass is 9.46. The largest absolute Gasteiger partial charge is 0.458 e. The fraction of sp³-hybridized carbons (Fsp3) is 0.714. The van der Waals surface area contributed by atoms with Gasteiger partial charge in [0.2, 0.25) is 5.79 Å². The highest BCUT2D eigenvalue weighted by atomic mass is 16.7. The van der Waals surface area contributed by atoms with Crippen LogP contribution in [0, 0.1) is 34.5 Å². The molecule has 3 aliphatic carbocycles. The van der Waals surface area contributed by atoms with E-state index in [1.165, 1.54) is 6.92 Å². The number of carbonyl (C=O) groups is 4. The molecule has 0 radical (unpaired) electrons. The molecular weight excluding hydrogens is 480 g/mol. The third kappa shape index (κ3) is 2.17. The van der Waals surface area contributed by atoms with Crippen LogP contribution in [0.3, 0.4) is 0 Å². The minimum atomic E-state index is -2.39.